The lowest BCUT2D eigenvalue weighted by atomic mass is 9.86. The number of aryl methyl sites for hydroxylation is 1. The van der Waals surface area contributed by atoms with E-state index in [2.05, 4.69) is 38.1 Å². The van der Waals surface area contributed by atoms with E-state index in [1.165, 1.54) is 37.7 Å². The van der Waals surface area contributed by atoms with Crippen LogP contribution >= 0.6 is 11.6 Å². The Kier molecular flexibility index (Phi) is 7.35. The number of rotatable bonds is 8. The van der Waals surface area contributed by atoms with Gasteiger partial charge in [-0.1, -0.05) is 57.4 Å². The van der Waals surface area contributed by atoms with Crippen LogP contribution in [0.3, 0.4) is 0 Å². The minimum absolute atomic E-state index is 0.726. The molecule has 0 aliphatic heterocycles. The lowest BCUT2D eigenvalue weighted by Gasteiger charge is -2.19. The highest BCUT2D eigenvalue weighted by Crippen LogP contribution is 2.29. The van der Waals surface area contributed by atoms with Gasteiger partial charge in [-0.3, -0.25) is 0 Å². The van der Waals surface area contributed by atoms with Crippen LogP contribution in [0.15, 0.2) is 24.3 Å². The summed E-state index contributed by atoms with van der Waals surface area (Å²) in [5.41, 5.74) is 3.00. The molecule has 0 heterocycles. The first kappa shape index (κ1) is 14.6. The molecule has 0 saturated heterocycles. The number of halogens is 1. The summed E-state index contributed by atoms with van der Waals surface area (Å²) in [6.45, 7) is 4.55. The summed E-state index contributed by atoms with van der Waals surface area (Å²) < 4.78 is 0. The summed E-state index contributed by atoms with van der Waals surface area (Å²) in [6.07, 6.45) is 7.52. The van der Waals surface area contributed by atoms with Gasteiger partial charge in [0.15, 0.2) is 0 Å². The monoisotopic (exact) mass is 252 g/mol. The zero-order valence-electron chi connectivity index (χ0n) is 11.2. The van der Waals surface area contributed by atoms with Crippen molar-refractivity contribution >= 4 is 11.6 Å². The third-order valence-corrected chi connectivity index (χ3v) is 3.59. The molecule has 0 amide bonds. The molecule has 0 fully saturated rings. The first-order valence-electron chi connectivity index (χ1n) is 6.97. The van der Waals surface area contributed by atoms with E-state index in [0.717, 1.165) is 18.2 Å². The molecule has 1 rings (SSSR count). The fraction of sp³-hybridized carbons (Fsp3) is 0.625. The number of hydrogen-bond donors (Lipinski definition) is 0. The van der Waals surface area contributed by atoms with Crippen molar-refractivity contribution in [2.45, 2.75) is 58.3 Å². The van der Waals surface area contributed by atoms with Crippen LogP contribution in [0.25, 0.3) is 0 Å². The fourth-order valence-corrected chi connectivity index (χ4v) is 2.72. The molecule has 0 bridgehead atoms. The minimum Gasteiger partial charge on any atom is -0.126 e. The number of benzene rings is 1. The van der Waals surface area contributed by atoms with Crippen molar-refractivity contribution in [2.75, 3.05) is 5.88 Å². The van der Waals surface area contributed by atoms with Crippen molar-refractivity contribution in [3.05, 3.63) is 35.4 Å². The molecule has 1 atom stereocenters. The van der Waals surface area contributed by atoms with Gasteiger partial charge in [0.2, 0.25) is 0 Å². The third-order valence-electron chi connectivity index (χ3n) is 3.40. The first-order valence-corrected chi connectivity index (χ1v) is 7.50. The van der Waals surface area contributed by atoms with E-state index in [1.54, 1.807) is 5.56 Å². The minimum atomic E-state index is 0.726. The second kappa shape index (κ2) is 8.58. The molecule has 1 heteroatoms. The summed E-state index contributed by atoms with van der Waals surface area (Å²) in [5, 5.41) is 0. The highest BCUT2D eigenvalue weighted by molar-refractivity contribution is 6.18. The summed E-state index contributed by atoms with van der Waals surface area (Å²) >= 11 is 5.89. The van der Waals surface area contributed by atoms with Crippen LogP contribution in [-0.4, -0.2) is 5.88 Å². The molecule has 0 aromatic heterocycles. The molecular formula is C16H25Cl. The molecule has 0 radical (unpaired) electrons. The van der Waals surface area contributed by atoms with Crippen molar-refractivity contribution in [2.24, 2.45) is 0 Å². The highest BCUT2D eigenvalue weighted by atomic mass is 35.5. The average Bonchev–Trinajstić information content (AvgIpc) is 2.36. The van der Waals surface area contributed by atoms with E-state index < -0.39 is 0 Å². The SMILES string of the molecule is CCCCC(CCC)c1ccccc1CCCl. The predicted octanol–water partition coefficient (Wildman–Crippen LogP) is 5.54. The van der Waals surface area contributed by atoms with E-state index in [0.29, 0.717) is 0 Å². The summed E-state index contributed by atoms with van der Waals surface area (Å²) in [7, 11) is 0. The van der Waals surface area contributed by atoms with Crippen molar-refractivity contribution in [1.82, 2.24) is 0 Å². The molecule has 0 saturated carbocycles. The standard InChI is InChI=1S/C16H25Cl/c1-3-5-9-14(8-4-2)16-11-7-6-10-15(16)12-13-17/h6-7,10-11,14H,3-5,8-9,12-13H2,1-2H3. The van der Waals surface area contributed by atoms with Crippen molar-refractivity contribution in [3.8, 4) is 0 Å². The van der Waals surface area contributed by atoms with Gasteiger partial charge in [0.05, 0.1) is 0 Å². The van der Waals surface area contributed by atoms with Gasteiger partial charge in [-0.15, -0.1) is 11.6 Å². The molecule has 1 unspecified atom stereocenters. The van der Waals surface area contributed by atoms with Gasteiger partial charge < -0.3 is 0 Å². The molecule has 0 aliphatic carbocycles. The zero-order chi connectivity index (χ0) is 12.5. The van der Waals surface area contributed by atoms with Crippen molar-refractivity contribution in [3.63, 3.8) is 0 Å². The van der Waals surface area contributed by atoms with Crippen LogP contribution in [0.2, 0.25) is 0 Å². The van der Waals surface area contributed by atoms with Crippen LogP contribution in [0.4, 0.5) is 0 Å². The van der Waals surface area contributed by atoms with E-state index in [-0.39, 0.29) is 0 Å². The van der Waals surface area contributed by atoms with E-state index in [4.69, 9.17) is 11.6 Å². The number of hydrogen-bond acceptors (Lipinski definition) is 0. The summed E-state index contributed by atoms with van der Waals surface area (Å²) in [4.78, 5) is 0. The summed E-state index contributed by atoms with van der Waals surface area (Å²) in [5.74, 6) is 1.46. The molecule has 0 spiro atoms. The van der Waals surface area contributed by atoms with Gasteiger partial charge in [0, 0.05) is 5.88 Å². The van der Waals surface area contributed by atoms with Gasteiger partial charge in [0.1, 0.15) is 0 Å². The van der Waals surface area contributed by atoms with Gasteiger partial charge >= 0.3 is 0 Å². The van der Waals surface area contributed by atoms with Gasteiger partial charge in [-0.05, 0) is 36.3 Å². The quantitative estimate of drug-likeness (QED) is 0.533. The van der Waals surface area contributed by atoms with Gasteiger partial charge in [-0.25, -0.2) is 0 Å². The summed E-state index contributed by atoms with van der Waals surface area (Å²) in [6, 6.07) is 8.85. The maximum absolute atomic E-state index is 5.89. The Morgan fingerprint density at radius 1 is 1.06 bits per heavy atom. The lowest BCUT2D eigenvalue weighted by molar-refractivity contribution is 0.538. The molecule has 17 heavy (non-hydrogen) atoms. The molecule has 96 valence electrons. The molecule has 0 nitrogen and oxygen atoms in total. The Labute approximate surface area is 111 Å². The van der Waals surface area contributed by atoms with Crippen LogP contribution in [0.1, 0.15) is 63.0 Å². The third kappa shape index (κ3) is 4.71. The maximum atomic E-state index is 5.89. The molecular weight excluding hydrogens is 228 g/mol. The Morgan fingerprint density at radius 2 is 1.82 bits per heavy atom. The Bertz CT molecular complexity index is 306. The fourth-order valence-electron chi connectivity index (χ4n) is 2.52. The largest absolute Gasteiger partial charge is 0.126 e. The van der Waals surface area contributed by atoms with Crippen LogP contribution < -0.4 is 0 Å². The van der Waals surface area contributed by atoms with E-state index in [9.17, 15) is 0 Å². The molecule has 0 N–H and O–H groups in total. The molecule has 1 aromatic carbocycles. The topological polar surface area (TPSA) is 0 Å². The maximum Gasteiger partial charge on any atom is 0.0264 e. The normalized spacial score (nSPS) is 12.6. The van der Waals surface area contributed by atoms with Crippen LogP contribution in [0.5, 0.6) is 0 Å². The average molecular weight is 253 g/mol. The first-order chi connectivity index (χ1) is 8.33. The predicted molar refractivity (Wildman–Crippen MR) is 78.0 cm³/mol. The number of unbranched alkanes of at least 4 members (excludes halogenated alkanes) is 1. The van der Waals surface area contributed by atoms with Gasteiger partial charge in [0.25, 0.3) is 0 Å². The lowest BCUT2D eigenvalue weighted by Crippen LogP contribution is -2.04. The van der Waals surface area contributed by atoms with Crippen LogP contribution in [-0.2, 0) is 6.42 Å². The Morgan fingerprint density at radius 3 is 2.47 bits per heavy atom. The number of alkyl halides is 1. The molecule has 0 aliphatic rings. The molecule has 1 aromatic rings. The highest BCUT2D eigenvalue weighted by Gasteiger charge is 2.13. The van der Waals surface area contributed by atoms with Crippen molar-refractivity contribution in [1.29, 1.82) is 0 Å². The van der Waals surface area contributed by atoms with E-state index >= 15 is 0 Å². The Balaban J connectivity index is 2.83. The second-order valence-corrected chi connectivity index (χ2v) is 5.14. The smallest absolute Gasteiger partial charge is 0.0264 e. The van der Waals surface area contributed by atoms with Gasteiger partial charge in [-0.2, -0.15) is 0 Å². The Hall–Kier alpha value is -0.490. The van der Waals surface area contributed by atoms with Crippen molar-refractivity contribution < 1.29 is 0 Å². The van der Waals surface area contributed by atoms with E-state index in [1.807, 2.05) is 0 Å². The van der Waals surface area contributed by atoms with Crippen LogP contribution in [0, 0.1) is 0 Å². The zero-order valence-corrected chi connectivity index (χ0v) is 12.0. The second-order valence-electron chi connectivity index (χ2n) is 4.77.